The molecule has 1 N–H and O–H groups in total. The molecule has 0 aliphatic heterocycles. The number of nitrogens with one attached hydrogen (secondary N) is 1. The summed E-state index contributed by atoms with van der Waals surface area (Å²) in [6, 6.07) is 4.80. The van der Waals surface area contributed by atoms with Gasteiger partial charge in [-0.2, -0.15) is 11.8 Å². The lowest BCUT2D eigenvalue weighted by Crippen LogP contribution is -2.29. The molecule has 0 bridgehead atoms. The Kier molecular flexibility index (Phi) is 7.91. The summed E-state index contributed by atoms with van der Waals surface area (Å²) in [6.07, 6.45) is 6.43. The van der Waals surface area contributed by atoms with E-state index in [0.717, 1.165) is 25.2 Å². The van der Waals surface area contributed by atoms with Gasteiger partial charge in [0.25, 0.3) is 0 Å². The first-order valence-corrected chi connectivity index (χ1v) is 8.44. The smallest absolute Gasteiger partial charge is 0.0564 e. The van der Waals surface area contributed by atoms with Crippen molar-refractivity contribution in [3.05, 3.63) is 24.0 Å². The molecule has 0 aliphatic carbocycles. The van der Waals surface area contributed by atoms with Crippen LogP contribution in [0, 0.1) is 0 Å². The Labute approximate surface area is 122 Å². The lowest BCUT2D eigenvalue weighted by atomic mass is 10.2. The van der Waals surface area contributed by atoms with Gasteiger partial charge >= 0.3 is 0 Å². The van der Waals surface area contributed by atoms with Crippen LogP contribution >= 0.6 is 11.8 Å². The minimum Gasteiger partial charge on any atom is -0.385 e. The van der Waals surface area contributed by atoms with Crippen LogP contribution in [0.25, 0.3) is 0 Å². The lowest BCUT2D eigenvalue weighted by molar-refractivity contribution is 0.242. The molecular formula is C15H27N3S. The summed E-state index contributed by atoms with van der Waals surface area (Å²) in [6.45, 7) is 6.40. The van der Waals surface area contributed by atoms with Crippen LogP contribution in [-0.2, 0) is 6.54 Å². The van der Waals surface area contributed by atoms with Gasteiger partial charge in [0.1, 0.15) is 0 Å². The zero-order chi connectivity index (χ0) is 14.1. The Balaban J connectivity index is 2.51. The van der Waals surface area contributed by atoms with E-state index >= 15 is 0 Å². The molecule has 0 amide bonds. The molecule has 4 heteroatoms. The first-order chi connectivity index (χ1) is 9.17. The predicted octanol–water partition coefficient (Wildman–Crippen LogP) is 3.48. The summed E-state index contributed by atoms with van der Waals surface area (Å²) >= 11 is 1.91. The molecule has 0 fully saturated rings. The summed E-state index contributed by atoms with van der Waals surface area (Å²) in [5.41, 5.74) is 2.32. The van der Waals surface area contributed by atoms with Gasteiger partial charge < -0.3 is 5.32 Å². The highest BCUT2D eigenvalue weighted by Gasteiger charge is 2.10. The van der Waals surface area contributed by atoms with Crippen molar-refractivity contribution >= 4 is 17.4 Å². The van der Waals surface area contributed by atoms with Gasteiger partial charge in [-0.25, -0.2) is 0 Å². The quantitative estimate of drug-likeness (QED) is 0.750. The third kappa shape index (κ3) is 6.30. The van der Waals surface area contributed by atoms with Crippen LogP contribution in [0.3, 0.4) is 0 Å². The molecule has 1 unspecified atom stereocenters. The molecule has 19 heavy (non-hydrogen) atoms. The SMILES string of the molecule is CCCNc1ccnc(CN(C)C(C)CCSC)c1. The first kappa shape index (κ1) is 16.3. The molecule has 0 aromatic carbocycles. The summed E-state index contributed by atoms with van der Waals surface area (Å²) in [7, 11) is 2.18. The van der Waals surface area contributed by atoms with Crippen LogP contribution in [-0.4, -0.2) is 41.5 Å². The molecule has 1 aromatic heterocycles. The number of hydrogen-bond donors (Lipinski definition) is 1. The van der Waals surface area contributed by atoms with Gasteiger partial charge in [-0.1, -0.05) is 6.92 Å². The number of aromatic nitrogens is 1. The third-order valence-corrected chi connectivity index (χ3v) is 3.94. The number of anilines is 1. The van der Waals surface area contributed by atoms with Crippen LogP contribution < -0.4 is 5.32 Å². The average Bonchev–Trinajstić information content (AvgIpc) is 2.42. The van der Waals surface area contributed by atoms with Crippen LogP contribution in [0.15, 0.2) is 18.3 Å². The van der Waals surface area contributed by atoms with E-state index in [1.807, 2.05) is 24.0 Å². The topological polar surface area (TPSA) is 28.2 Å². The molecule has 0 radical (unpaired) electrons. The van der Waals surface area contributed by atoms with Crippen molar-refractivity contribution in [3.8, 4) is 0 Å². The average molecular weight is 281 g/mol. The van der Waals surface area contributed by atoms with Crippen LogP contribution in [0.1, 0.15) is 32.4 Å². The van der Waals surface area contributed by atoms with Crippen molar-refractivity contribution in [1.82, 2.24) is 9.88 Å². The highest BCUT2D eigenvalue weighted by molar-refractivity contribution is 7.98. The number of hydrogen-bond acceptors (Lipinski definition) is 4. The predicted molar refractivity (Wildman–Crippen MR) is 86.9 cm³/mol. The number of thioether (sulfide) groups is 1. The van der Waals surface area contributed by atoms with E-state index in [4.69, 9.17) is 0 Å². The summed E-state index contributed by atoms with van der Waals surface area (Å²) in [5, 5.41) is 3.41. The van der Waals surface area contributed by atoms with E-state index < -0.39 is 0 Å². The normalized spacial score (nSPS) is 12.7. The Morgan fingerprint density at radius 2 is 2.26 bits per heavy atom. The lowest BCUT2D eigenvalue weighted by Gasteiger charge is -2.24. The fourth-order valence-corrected chi connectivity index (χ4v) is 2.44. The molecule has 0 saturated heterocycles. The van der Waals surface area contributed by atoms with Gasteiger partial charge in [0.05, 0.1) is 5.69 Å². The number of nitrogens with zero attached hydrogens (tertiary/aromatic N) is 2. The van der Waals surface area contributed by atoms with Crippen molar-refractivity contribution in [2.24, 2.45) is 0 Å². The van der Waals surface area contributed by atoms with Crippen molar-refractivity contribution in [3.63, 3.8) is 0 Å². The molecule has 1 heterocycles. The Morgan fingerprint density at radius 1 is 1.47 bits per heavy atom. The highest BCUT2D eigenvalue weighted by Crippen LogP contribution is 2.12. The summed E-state index contributed by atoms with van der Waals surface area (Å²) in [5.74, 6) is 1.22. The Bertz CT molecular complexity index is 357. The second-order valence-electron chi connectivity index (χ2n) is 5.01. The van der Waals surface area contributed by atoms with Crippen LogP contribution in [0.5, 0.6) is 0 Å². The van der Waals surface area contributed by atoms with Crippen LogP contribution in [0.2, 0.25) is 0 Å². The van der Waals surface area contributed by atoms with E-state index in [0.29, 0.717) is 6.04 Å². The second kappa shape index (κ2) is 9.21. The van der Waals surface area contributed by atoms with E-state index in [2.05, 4.69) is 48.4 Å². The van der Waals surface area contributed by atoms with Crippen LogP contribution in [0.4, 0.5) is 5.69 Å². The number of pyridine rings is 1. The molecular weight excluding hydrogens is 254 g/mol. The maximum Gasteiger partial charge on any atom is 0.0564 e. The molecule has 0 aliphatic rings. The third-order valence-electron chi connectivity index (χ3n) is 3.30. The minimum absolute atomic E-state index is 0.599. The van der Waals surface area contributed by atoms with Gasteiger partial charge in [0.2, 0.25) is 0 Å². The molecule has 108 valence electrons. The van der Waals surface area contributed by atoms with E-state index in [1.165, 1.54) is 17.9 Å². The zero-order valence-corrected chi connectivity index (χ0v) is 13.5. The molecule has 1 rings (SSSR count). The largest absolute Gasteiger partial charge is 0.385 e. The van der Waals surface area contributed by atoms with Crippen molar-refractivity contribution in [1.29, 1.82) is 0 Å². The minimum atomic E-state index is 0.599. The second-order valence-corrected chi connectivity index (χ2v) is 5.99. The van der Waals surface area contributed by atoms with Gasteiger partial charge in [-0.15, -0.1) is 0 Å². The molecule has 3 nitrogen and oxygen atoms in total. The Morgan fingerprint density at radius 3 is 2.95 bits per heavy atom. The summed E-state index contributed by atoms with van der Waals surface area (Å²) < 4.78 is 0. The Hall–Kier alpha value is -0.740. The molecule has 1 aromatic rings. The fourth-order valence-electron chi connectivity index (χ4n) is 1.86. The maximum atomic E-state index is 4.46. The molecule has 0 spiro atoms. The van der Waals surface area contributed by atoms with E-state index in [-0.39, 0.29) is 0 Å². The summed E-state index contributed by atoms with van der Waals surface area (Å²) in [4.78, 5) is 6.84. The monoisotopic (exact) mass is 281 g/mol. The molecule has 0 saturated carbocycles. The van der Waals surface area contributed by atoms with Crippen molar-refractivity contribution in [2.45, 2.75) is 39.3 Å². The molecule has 1 atom stereocenters. The van der Waals surface area contributed by atoms with Crippen molar-refractivity contribution < 1.29 is 0 Å². The van der Waals surface area contributed by atoms with Gasteiger partial charge in [-0.05, 0) is 51.0 Å². The number of rotatable bonds is 9. The fraction of sp³-hybridized carbons (Fsp3) is 0.667. The van der Waals surface area contributed by atoms with E-state index in [9.17, 15) is 0 Å². The van der Waals surface area contributed by atoms with Crippen molar-refractivity contribution in [2.75, 3.05) is 30.9 Å². The van der Waals surface area contributed by atoms with Gasteiger partial charge in [0, 0.05) is 31.0 Å². The highest BCUT2D eigenvalue weighted by atomic mass is 32.2. The van der Waals surface area contributed by atoms with Gasteiger partial charge in [0.15, 0.2) is 0 Å². The maximum absolute atomic E-state index is 4.46. The van der Waals surface area contributed by atoms with E-state index in [1.54, 1.807) is 0 Å². The zero-order valence-electron chi connectivity index (χ0n) is 12.6. The standard InChI is InChI=1S/C15H27N3S/c1-5-8-16-14-6-9-17-15(11-14)12-18(3)13(2)7-10-19-4/h6,9,11,13H,5,7-8,10,12H2,1-4H3,(H,16,17). The van der Waals surface area contributed by atoms with Gasteiger partial charge in [-0.3, -0.25) is 9.88 Å². The first-order valence-electron chi connectivity index (χ1n) is 7.05.